The number of carbonyl (C=O) groups is 2. The van der Waals surface area contributed by atoms with Crippen molar-refractivity contribution in [3.8, 4) is 0 Å². The van der Waals surface area contributed by atoms with Crippen LogP contribution in [0.25, 0.3) is 0 Å². The van der Waals surface area contributed by atoms with Gasteiger partial charge in [0.05, 0.1) is 12.5 Å². The van der Waals surface area contributed by atoms with Crippen LogP contribution in [0.4, 0.5) is 0 Å². The molecule has 0 aromatic carbocycles. The van der Waals surface area contributed by atoms with Gasteiger partial charge < -0.3 is 10.0 Å². The number of hydrogen-bond donors (Lipinski definition) is 1. The van der Waals surface area contributed by atoms with Gasteiger partial charge in [0.2, 0.25) is 5.91 Å². The van der Waals surface area contributed by atoms with Gasteiger partial charge in [-0.15, -0.1) is 0 Å². The van der Waals surface area contributed by atoms with Gasteiger partial charge in [-0.25, -0.2) is 0 Å². The van der Waals surface area contributed by atoms with E-state index in [0.717, 1.165) is 32.5 Å². The number of likely N-dealkylation sites (tertiary alicyclic amines) is 1. The molecule has 5 nitrogen and oxygen atoms in total. The number of carboxylic acids is 1. The molecule has 0 spiro atoms. The summed E-state index contributed by atoms with van der Waals surface area (Å²) in [6.45, 7) is 6.47. The normalized spacial score (nSPS) is 22.3. The maximum absolute atomic E-state index is 12.0. The number of amides is 1. The number of carboxylic acid groups (broad SMARTS) is 1. The smallest absolute Gasteiger partial charge is 0.306 e. The van der Waals surface area contributed by atoms with E-state index in [-0.39, 0.29) is 17.7 Å². The predicted molar refractivity (Wildman–Crippen MR) is 67.1 cm³/mol. The Morgan fingerprint density at radius 3 is 2.44 bits per heavy atom. The molecule has 2 fully saturated rings. The van der Waals surface area contributed by atoms with Crippen molar-refractivity contribution in [1.82, 2.24) is 9.80 Å². The van der Waals surface area contributed by atoms with Gasteiger partial charge in [0, 0.05) is 25.7 Å². The highest BCUT2D eigenvalue weighted by molar-refractivity contribution is 5.79. The van der Waals surface area contributed by atoms with Crippen LogP contribution in [-0.4, -0.2) is 59.0 Å². The van der Waals surface area contributed by atoms with E-state index in [9.17, 15) is 9.59 Å². The van der Waals surface area contributed by atoms with Crippen LogP contribution in [0.5, 0.6) is 0 Å². The lowest BCUT2D eigenvalue weighted by Crippen LogP contribution is -2.54. The minimum atomic E-state index is -0.737. The lowest BCUT2D eigenvalue weighted by molar-refractivity contribution is -0.146. The van der Waals surface area contributed by atoms with Gasteiger partial charge in [0.25, 0.3) is 0 Å². The molecule has 102 valence electrons. The van der Waals surface area contributed by atoms with Crippen LogP contribution < -0.4 is 0 Å². The van der Waals surface area contributed by atoms with E-state index < -0.39 is 5.97 Å². The molecule has 18 heavy (non-hydrogen) atoms. The van der Waals surface area contributed by atoms with Crippen LogP contribution in [0.3, 0.4) is 0 Å². The van der Waals surface area contributed by atoms with E-state index in [0.29, 0.717) is 12.6 Å². The second-order valence-corrected chi connectivity index (χ2v) is 5.49. The third-order valence-corrected chi connectivity index (χ3v) is 4.09. The lowest BCUT2D eigenvalue weighted by Gasteiger charge is -2.41. The fraction of sp³-hybridized carbons (Fsp3) is 0.846. The molecule has 1 amide bonds. The Morgan fingerprint density at radius 2 is 2.00 bits per heavy atom. The van der Waals surface area contributed by atoms with Gasteiger partial charge in [-0.3, -0.25) is 14.5 Å². The van der Waals surface area contributed by atoms with Crippen molar-refractivity contribution in [2.24, 2.45) is 11.8 Å². The molecular weight excluding hydrogens is 232 g/mol. The maximum atomic E-state index is 12.0. The van der Waals surface area contributed by atoms with Gasteiger partial charge >= 0.3 is 5.97 Å². The minimum absolute atomic E-state index is 0.196. The molecule has 0 radical (unpaired) electrons. The van der Waals surface area contributed by atoms with Crippen molar-refractivity contribution < 1.29 is 14.7 Å². The number of aliphatic carboxylic acids is 1. The first kappa shape index (κ1) is 13.3. The van der Waals surface area contributed by atoms with Crippen molar-refractivity contribution in [3.63, 3.8) is 0 Å². The third kappa shape index (κ3) is 2.83. The molecule has 1 unspecified atom stereocenters. The zero-order valence-electron chi connectivity index (χ0n) is 11.1. The summed E-state index contributed by atoms with van der Waals surface area (Å²) in [5, 5.41) is 8.90. The average molecular weight is 254 g/mol. The molecule has 5 heteroatoms. The Kier molecular flexibility index (Phi) is 3.90. The topological polar surface area (TPSA) is 60.9 Å². The summed E-state index contributed by atoms with van der Waals surface area (Å²) in [6, 6.07) is 0.470. The predicted octanol–water partition coefficient (Wildman–Crippen LogP) is 0.650. The molecule has 0 bridgehead atoms. The molecule has 1 saturated heterocycles. The van der Waals surface area contributed by atoms with E-state index in [1.165, 1.54) is 0 Å². The molecule has 1 aliphatic carbocycles. The van der Waals surface area contributed by atoms with Crippen LogP contribution in [0.1, 0.15) is 26.7 Å². The van der Waals surface area contributed by atoms with Crippen LogP contribution in [0, 0.1) is 11.8 Å². The number of carbonyl (C=O) groups excluding carboxylic acids is 1. The Morgan fingerprint density at radius 1 is 1.39 bits per heavy atom. The van der Waals surface area contributed by atoms with Gasteiger partial charge in [-0.05, 0) is 25.7 Å². The van der Waals surface area contributed by atoms with Crippen molar-refractivity contribution >= 4 is 11.9 Å². The number of rotatable bonds is 6. The van der Waals surface area contributed by atoms with Gasteiger partial charge in [-0.2, -0.15) is 0 Å². The lowest BCUT2D eigenvalue weighted by atomic mass is 9.87. The van der Waals surface area contributed by atoms with Gasteiger partial charge in [-0.1, -0.05) is 6.92 Å². The molecule has 1 heterocycles. The second-order valence-electron chi connectivity index (χ2n) is 5.49. The number of hydrogen-bond acceptors (Lipinski definition) is 3. The minimum Gasteiger partial charge on any atom is -0.481 e. The van der Waals surface area contributed by atoms with Gasteiger partial charge in [0.15, 0.2) is 0 Å². The van der Waals surface area contributed by atoms with E-state index in [4.69, 9.17) is 5.11 Å². The molecule has 0 aromatic heterocycles. The second kappa shape index (κ2) is 5.26. The van der Waals surface area contributed by atoms with Crippen LogP contribution >= 0.6 is 0 Å². The molecular formula is C13H22N2O3. The zero-order chi connectivity index (χ0) is 13.3. The third-order valence-electron chi connectivity index (χ3n) is 4.09. The van der Waals surface area contributed by atoms with E-state index in [2.05, 4.69) is 4.90 Å². The summed E-state index contributed by atoms with van der Waals surface area (Å²) < 4.78 is 0. The summed E-state index contributed by atoms with van der Waals surface area (Å²) in [5.74, 6) is -0.645. The highest BCUT2D eigenvalue weighted by Crippen LogP contribution is 2.28. The average Bonchev–Trinajstić information content (AvgIpc) is 3.07. The molecule has 2 aliphatic rings. The Balaban J connectivity index is 1.73. The quantitative estimate of drug-likeness (QED) is 0.756. The van der Waals surface area contributed by atoms with Crippen LogP contribution in [0.15, 0.2) is 0 Å². The molecule has 1 atom stereocenters. The Hall–Kier alpha value is -1.10. The fourth-order valence-electron chi connectivity index (χ4n) is 2.56. The molecule has 1 aliphatic heterocycles. The first-order valence-corrected chi connectivity index (χ1v) is 6.77. The number of nitrogens with zero attached hydrogens (tertiary/aromatic N) is 2. The SMILES string of the molecule is CCN(C(=O)CN1CC(C(C)C(=O)O)C1)C1CC1. The molecule has 1 saturated carbocycles. The van der Waals surface area contributed by atoms with Crippen molar-refractivity contribution in [3.05, 3.63) is 0 Å². The first-order chi connectivity index (χ1) is 8.52. The number of likely N-dealkylation sites (N-methyl/N-ethyl adjacent to an activating group) is 1. The maximum Gasteiger partial charge on any atom is 0.306 e. The monoisotopic (exact) mass is 254 g/mol. The van der Waals surface area contributed by atoms with Crippen molar-refractivity contribution in [1.29, 1.82) is 0 Å². The fourth-order valence-corrected chi connectivity index (χ4v) is 2.56. The van der Waals surface area contributed by atoms with E-state index in [1.54, 1.807) is 6.92 Å². The highest BCUT2D eigenvalue weighted by atomic mass is 16.4. The molecule has 0 aromatic rings. The highest BCUT2D eigenvalue weighted by Gasteiger charge is 2.37. The summed E-state index contributed by atoms with van der Waals surface area (Å²) in [4.78, 5) is 26.9. The largest absolute Gasteiger partial charge is 0.481 e. The van der Waals surface area contributed by atoms with E-state index >= 15 is 0 Å². The van der Waals surface area contributed by atoms with Crippen molar-refractivity contribution in [2.45, 2.75) is 32.7 Å². The van der Waals surface area contributed by atoms with Gasteiger partial charge in [0.1, 0.15) is 0 Å². The Labute approximate surface area is 108 Å². The standard InChI is InChI=1S/C13H22N2O3/c1-3-15(11-4-5-11)12(16)8-14-6-10(7-14)9(2)13(17)18/h9-11H,3-8H2,1-2H3,(H,17,18). The zero-order valence-corrected chi connectivity index (χ0v) is 11.1. The summed E-state index contributed by atoms with van der Waals surface area (Å²) in [7, 11) is 0. The first-order valence-electron chi connectivity index (χ1n) is 6.77. The van der Waals surface area contributed by atoms with Crippen LogP contribution in [0.2, 0.25) is 0 Å². The summed E-state index contributed by atoms with van der Waals surface area (Å²) >= 11 is 0. The van der Waals surface area contributed by atoms with E-state index in [1.807, 2.05) is 11.8 Å². The van der Waals surface area contributed by atoms with Crippen molar-refractivity contribution in [2.75, 3.05) is 26.2 Å². The van der Waals surface area contributed by atoms with Crippen LogP contribution in [-0.2, 0) is 9.59 Å². The molecule has 2 rings (SSSR count). The molecule has 1 N–H and O–H groups in total. The summed E-state index contributed by atoms with van der Waals surface area (Å²) in [6.07, 6.45) is 2.27. The Bertz CT molecular complexity index is 335. The summed E-state index contributed by atoms with van der Waals surface area (Å²) in [5.41, 5.74) is 0.